The lowest BCUT2D eigenvalue weighted by molar-refractivity contribution is 0.513. The van der Waals surface area contributed by atoms with Crippen molar-refractivity contribution in [1.82, 2.24) is 0 Å². The summed E-state index contributed by atoms with van der Waals surface area (Å²) in [5, 5.41) is 5.40. The van der Waals surface area contributed by atoms with E-state index < -0.39 is 0 Å². The Hall–Kier alpha value is -5.92. The number of hydrogen-bond donors (Lipinski definition) is 0. The lowest BCUT2D eigenvalue weighted by Gasteiger charge is -2.27. The van der Waals surface area contributed by atoms with E-state index in [-0.39, 0.29) is 0 Å². The highest BCUT2D eigenvalue weighted by atomic mass is 15.1. The number of benzene rings is 7. The molecule has 4 aliphatic carbocycles. The Kier molecular flexibility index (Phi) is 5.90. The van der Waals surface area contributed by atoms with Gasteiger partial charge < -0.3 is 4.90 Å². The molecular weight excluding hydrogens is 603 g/mol. The minimum Gasteiger partial charge on any atom is -0.344 e. The van der Waals surface area contributed by atoms with Crippen LogP contribution in [0.1, 0.15) is 34.9 Å². The van der Waals surface area contributed by atoms with E-state index >= 15 is 0 Å². The van der Waals surface area contributed by atoms with Gasteiger partial charge in [0.2, 0.25) is 0 Å². The average Bonchev–Trinajstić information content (AvgIpc) is 3.69. The van der Waals surface area contributed by atoms with Crippen LogP contribution in [0, 0.1) is 5.92 Å². The first kappa shape index (κ1) is 28.0. The van der Waals surface area contributed by atoms with Gasteiger partial charge in [-0.1, -0.05) is 140 Å². The first-order chi connectivity index (χ1) is 24.8. The molecule has 0 fully saturated rings. The third-order valence-corrected chi connectivity index (χ3v) is 11.9. The Morgan fingerprint density at radius 3 is 2.04 bits per heavy atom. The maximum atomic E-state index is 2.61. The van der Waals surface area contributed by atoms with Crippen LogP contribution in [-0.4, -0.2) is 7.05 Å². The van der Waals surface area contributed by atoms with Gasteiger partial charge >= 0.3 is 0 Å². The van der Waals surface area contributed by atoms with E-state index in [0.717, 1.165) is 6.42 Å². The van der Waals surface area contributed by atoms with Crippen LogP contribution in [0.3, 0.4) is 0 Å². The molecule has 50 heavy (non-hydrogen) atoms. The van der Waals surface area contributed by atoms with Crippen LogP contribution < -0.4 is 4.90 Å². The molecular formula is C49H35N. The molecule has 7 aromatic rings. The summed E-state index contributed by atoms with van der Waals surface area (Å²) in [5.41, 5.74) is 17.6. The smallest absolute Gasteiger partial charge is 0.0488 e. The molecule has 0 heterocycles. The van der Waals surface area contributed by atoms with Gasteiger partial charge in [-0.15, -0.1) is 0 Å². The summed E-state index contributed by atoms with van der Waals surface area (Å²) < 4.78 is 0. The van der Waals surface area contributed by atoms with Crippen molar-refractivity contribution < 1.29 is 0 Å². The van der Waals surface area contributed by atoms with Crippen LogP contribution in [0.4, 0.5) is 11.4 Å². The van der Waals surface area contributed by atoms with Gasteiger partial charge in [-0.25, -0.2) is 0 Å². The average molecular weight is 638 g/mol. The predicted molar refractivity (Wildman–Crippen MR) is 212 cm³/mol. The fraction of sp³-hybridized carbons (Fsp3) is 0.102. The molecule has 0 N–H and O–H groups in total. The highest BCUT2D eigenvalue weighted by Gasteiger charge is 2.42. The fourth-order valence-corrected chi connectivity index (χ4v) is 9.93. The van der Waals surface area contributed by atoms with Gasteiger partial charge in [0, 0.05) is 29.7 Å². The van der Waals surface area contributed by atoms with Crippen molar-refractivity contribution >= 4 is 39.0 Å². The van der Waals surface area contributed by atoms with Crippen molar-refractivity contribution in [3.63, 3.8) is 0 Å². The molecule has 11 rings (SSSR count). The van der Waals surface area contributed by atoms with Crippen molar-refractivity contribution in [3.05, 3.63) is 174 Å². The maximum absolute atomic E-state index is 2.61. The molecule has 0 radical (unpaired) electrons. The van der Waals surface area contributed by atoms with Gasteiger partial charge in [0.1, 0.15) is 0 Å². The summed E-state index contributed by atoms with van der Waals surface area (Å²) in [7, 11) is 2.19. The highest BCUT2D eigenvalue weighted by Crippen LogP contribution is 2.62. The van der Waals surface area contributed by atoms with Crippen molar-refractivity contribution in [2.24, 2.45) is 5.92 Å². The van der Waals surface area contributed by atoms with Crippen LogP contribution >= 0.6 is 0 Å². The van der Waals surface area contributed by atoms with Crippen molar-refractivity contribution in [1.29, 1.82) is 0 Å². The van der Waals surface area contributed by atoms with E-state index in [1.807, 2.05) is 0 Å². The zero-order valence-corrected chi connectivity index (χ0v) is 28.0. The van der Waals surface area contributed by atoms with Gasteiger partial charge in [0.25, 0.3) is 0 Å². The van der Waals surface area contributed by atoms with Gasteiger partial charge in [0.15, 0.2) is 0 Å². The van der Waals surface area contributed by atoms with Gasteiger partial charge in [0.05, 0.1) is 0 Å². The maximum Gasteiger partial charge on any atom is 0.0488 e. The van der Waals surface area contributed by atoms with Crippen molar-refractivity contribution in [2.45, 2.75) is 18.3 Å². The summed E-state index contributed by atoms with van der Waals surface area (Å²) in [5.74, 6) is 1.43. The Balaban J connectivity index is 1.33. The number of rotatable bonds is 4. The summed E-state index contributed by atoms with van der Waals surface area (Å²) in [4.78, 5) is 2.33. The molecule has 7 aromatic carbocycles. The number of allylic oxidation sites excluding steroid dienone is 5. The number of hydrogen-bond acceptors (Lipinski definition) is 1. The highest BCUT2D eigenvalue weighted by molar-refractivity contribution is 6.29. The molecule has 1 nitrogen and oxygen atoms in total. The lowest BCUT2D eigenvalue weighted by Crippen LogP contribution is -2.11. The van der Waals surface area contributed by atoms with Crippen LogP contribution in [0.5, 0.6) is 0 Å². The Labute approximate surface area is 293 Å². The van der Waals surface area contributed by atoms with Gasteiger partial charge in [-0.3, -0.25) is 0 Å². The molecule has 0 amide bonds. The number of anilines is 2. The summed E-state index contributed by atoms with van der Waals surface area (Å²) in [6, 6.07) is 47.4. The molecule has 0 saturated heterocycles. The van der Waals surface area contributed by atoms with Crippen molar-refractivity contribution in [3.8, 4) is 44.5 Å². The van der Waals surface area contributed by atoms with Gasteiger partial charge in [-0.05, 0) is 120 Å². The Morgan fingerprint density at radius 2 is 1.26 bits per heavy atom. The number of nitrogens with zero attached hydrogens (tertiary/aromatic N) is 1. The third kappa shape index (κ3) is 3.72. The quantitative estimate of drug-likeness (QED) is 0.186. The second-order valence-corrected chi connectivity index (χ2v) is 14.3. The van der Waals surface area contributed by atoms with E-state index in [2.05, 4.69) is 176 Å². The van der Waals surface area contributed by atoms with E-state index in [4.69, 9.17) is 0 Å². The topological polar surface area (TPSA) is 3.24 Å². The summed E-state index contributed by atoms with van der Waals surface area (Å²) in [6.45, 7) is 0. The summed E-state index contributed by atoms with van der Waals surface area (Å²) in [6.07, 6.45) is 15.5. The van der Waals surface area contributed by atoms with Crippen LogP contribution in [0.25, 0.3) is 72.1 Å². The molecule has 1 heteroatoms. The summed E-state index contributed by atoms with van der Waals surface area (Å²) >= 11 is 0. The molecule has 3 unspecified atom stereocenters. The van der Waals surface area contributed by atoms with E-state index in [1.165, 1.54) is 88.6 Å². The molecule has 3 atom stereocenters. The first-order valence-corrected chi connectivity index (χ1v) is 18.0. The van der Waals surface area contributed by atoms with Gasteiger partial charge in [-0.2, -0.15) is 0 Å². The number of fused-ring (bicyclic) bond motifs is 8. The van der Waals surface area contributed by atoms with Crippen LogP contribution in [0.2, 0.25) is 0 Å². The third-order valence-electron chi connectivity index (χ3n) is 11.9. The molecule has 236 valence electrons. The molecule has 0 bridgehead atoms. The van der Waals surface area contributed by atoms with E-state index in [9.17, 15) is 0 Å². The first-order valence-electron chi connectivity index (χ1n) is 18.0. The molecule has 0 saturated carbocycles. The second-order valence-electron chi connectivity index (χ2n) is 14.3. The minimum absolute atomic E-state index is 0.414. The molecule has 4 aliphatic rings. The van der Waals surface area contributed by atoms with E-state index in [0.29, 0.717) is 17.8 Å². The minimum atomic E-state index is 0.414. The standard InChI is InChI=1S/C49H35N/c1-50(32-19-9-4-10-20-32)42-28-27-39-46-36(42)24-14-26-38(46)49-44(31-17-7-3-8-18-31)47-37-25-13-23-35-33-21-11-12-22-34(33)40(45(35)37)29-41(47)43(48(39)49)30-15-5-2-6-16-30/h2-22,24-29,33-35H,23H2,1H3. The zero-order valence-electron chi connectivity index (χ0n) is 28.0. The lowest BCUT2D eigenvalue weighted by atomic mass is 9.76. The Morgan fingerprint density at radius 1 is 0.580 bits per heavy atom. The molecule has 0 spiro atoms. The molecule has 0 aliphatic heterocycles. The monoisotopic (exact) mass is 637 g/mol. The second kappa shape index (κ2) is 10.5. The van der Waals surface area contributed by atoms with E-state index in [1.54, 1.807) is 5.56 Å². The van der Waals surface area contributed by atoms with Crippen molar-refractivity contribution in [2.75, 3.05) is 11.9 Å². The largest absolute Gasteiger partial charge is 0.344 e. The van der Waals surface area contributed by atoms with Crippen LogP contribution in [-0.2, 0) is 0 Å². The normalized spacial score (nSPS) is 18.8. The predicted octanol–water partition coefficient (Wildman–Crippen LogP) is 13.1. The fourth-order valence-electron chi connectivity index (χ4n) is 9.93. The Bertz CT molecular complexity index is 2630. The number of para-hydroxylation sites is 1. The van der Waals surface area contributed by atoms with Crippen LogP contribution in [0.15, 0.2) is 158 Å². The zero-order chi connectivity index (χ0) is 32.9. The SMILES string of the molecule is CN(c1ccccc1)c1ccc2c3c(cccc13)-c1c-2c(-c2ccccc2)c2cc3c4c(c2c1-c1ccccc1)C=CCC4C1C=CC=CC31. The molecule has 0 aromatic heterocycles.